The van der Waals surface area contributed by atoms with E-state index in [9.17, 15) is 9.59 Å². The number of nitrogens with zero attached hydrogens (tertiary/aromatic N) is 3. The van der Waals surface area contributed by atoms with Gasteiger partial charge in [-0.1, -0.05) is 13.0 Å². The van der Waals surface area contributed by atoms with Crippen molar-refractivity contribution in [3.05, 3.63) is 51.4 Å². The molecule has 1 aromatic carbocycles. The fourth-order valence-electron chi connectivity index (χ4n) is 3.11. The molecule has 0 atom stereocenters. The molecule has 7 nitrogen and oxygen atoms in total. The van der Waals surface area contributed by atoms with Crippen molar-refractivity contribution < 1.29 is 14.3 Å². The van der Waals surface area contributed by atoms with Crippen molar-refractivity contribution in [2.45, 2.75) is 26.4 Å². The van der Waals surface area contributed by atoms with Crippen LogP contribution in [0.25, 0.3) is 10.2 Å². The fraction of sp³-hybridized carbons (Fsp3) is 0.350. The zero-order valence-corrected chi connectivity index (χ0v) is 16.6. The second kappa shape index (κ2) is 7.63. The van der Waals surface area contributed by atoms with Crippen LogP contribution in [-0.4, -0.2) is 40.6 Å². The van der Waals surface area contributed by atoms with Crippen LogP contribution in [0.1, 0.15) is 17.4 Å². The van der Waals surface area contributed by atoms with Crippen LogP contribution < -0.4 is 15.0 Å². The Morgan fingerprint density at radius 3 is 2.82 bits per heavy atom. The summed E-state index contributed by atoms with van der Waals surface area (Å²) in [6.07, 6.45) is 2.31. The fourth-order valence-corrected chi connectivity index (χ4v) is 4.04. The molecule has 3 heterocycles. The zero-order valence-electron chi connectivity index (χ0n) is 15.8. The van der Waals surface area contributed by atoms with Crippen LogP contribution in [0, 0.1) is 0 Å². The lowest BCUT2D eigenvalue weighted by molar-refractivity contribution is -0.131. The molecule has 28 heavy (non-hydrogen) atoms. The normalized spacial score (nSPS) is 12.9. The molecule has 0 saturated heterocycles. The van der Waals surface area contributed by atoms with Crippen LogP contribution in [0.4, 0.5) is 0 Å². The number of thiophene rings is 1. The van der Waals surface area contributed by atoms with Gasteiger partial charge in [0.15, 0.2) is 11.5 Å². The average Bonchev–Trinajstić information content (AvgIpc) is 3.14. The maximum atomic E-state index is 12.7. The minimum absolute atomic E-state index is 0.0415. The molecule has 0 aliphatic carbocycles. The summed E-state index contributed by atoms with van der Waals surface area (Å²) in [6.45, 7) is 3.48. The van der Waals surface area contributed by atoms with E-state index in [0.29, 0.717) is 30.9 Å². The number of carbonyl (C=O) groups excluding carboxylic acids is 1. The maximum absolute atomic E-state index is 12.7. The van der Waals surface area contributed by atoms with Crippen molar-refractivity contribution in [3.8, 4) is 11.5 Å². The molecule has 1 aliphatic heterocycles. The van der Waals surface area contributed by atoms with E-state index in [1.54, 1.807) is 11.9 Å². The van der Waals surface area contributed by atoms with Crippen molar-refractivity contribution in [1.82, 2.24) is 14.5 Å². The summed E-state index contributed by atoms with van der Waals surface area (Å²) in [6, 6.07) is 7.52. The smallest absolute Gasteiger partial charge is 0.262 e. The lowest BCUT2D eigenvalue weighted by Crippen LogP contribution is -2.33. The summed E-state index contributed by atoms with van der Waals surface area (Å²) < 4.78 is 12.5. The number of aryl methyl sites for hydroxylation is 1. The zero-order chi connectivity index (χ0) is 19.7. The lowest BCUT2D eigenvalue weighted by atomic mass is 10.2. The number of aromatic nitrogens is 2. The molecule has 1 amide bonds. The first-order valence-corrected chi connectivity index (χ1v) is 9.97. The van der Waals surface area contributed by atoms with Crippen LogP contribution in [0.15, 0.2) is 35.4 Å². The third kappa shape index (κ3) is 3.60. The number of benzene rings is 1. The molecule has 4 rings (SSSR count). The van der Waals surface area contributed by atoms with Gasteiger partial charge in [0.25, 0.3) is 5.56 Å². The molecule has 8 heteroatoms. The number of fused-ring (bicyclic) bond motifs is 2. The molecule has 0 radical (unpaired) electrons. The van der Waals surface area contributed by atoms with Crippen LogP contribution >= 0.6 is 11.3 Å². The minimum atomic E-state index is -0.179. The van der Waals surface area contributed by atoms with E-state index in [-0.39, 0.29) is 18.0 Å². The van der Waals surface area contributed by atoms with Gasteiger partial charge in [-0.05, 0) is 30.2 Å². The highest BCUT2D eigenvalue weighted by Crippen LogP contribution is 2.31. The minimum Gasteiger partial charge on any atom is -0.486 e. The Kier molecular flexibility index (Phi) is 5.04. The predicted octanol–water partition coefficient (Wildman–Crippen LogP) is 2.45. The van der Waals surface area contributed by atoms with Crippen LogP contribution in [0.5, 0.6) is 11.5 Å². The SMILES string of the molecule is CCc1cc2c(=O)n(CC(=O)N(C)Cc3ccc4c(c3)OCCO4)cnc2s1. The first kappa shape index (κ1) is 18.5. The number of amides is 1. The molecule has 0 spiro atoms. The second-order valence-electron chi connectivity index (χ2n) is 6.69. The molecule has 0 fully saturated rings. The maximum Gasteiger partial charge on any atom is 0.262 e. The molecule has 1 aliphatic rings. The van der Waals surface area contributed by atoms with Crippen molar-refractivity contribution in [2.75, 3.05) is 20.3 Å². The Hall–Kier alpha value is -2.87. The Balaban J connectivity index is 1.48. The van der Waals surface area contributed by atoms with Gasteiger partial charge in [0.1, 0.15) is 24.6 Å². The molecule has 0 bridgehead atoms. The summed E-state index contributed by atoms with van der Waals surface area (Å²) in [4.78, 5) is 33.1. The number of hydrogen-bond donors (Lipinski definition) is 0. The Labute approximate surface area is 166 Å². The van der Waals surface area contributed by atoms with Gasteiger partial charge in [0.05, 0.1) is 11.7 Å². The van der Waals surface area contributed by atoms with Gasteiger partial charge in [0.2, 0.25) is 5.91 Å². The summed E-state index contributed by atoms with van der Waals surface area (Å²) in [5, 5.41) is 0.576. The van der Waals surface area contributed by atoms with Crippen molar-refractivity contribution in [3.63, 3.8) is 0 Å². The second-order valence-corrected chi connectivity index (χ2v) is 7.81. The number of rotatable bonds is 5. The number of ether oxygens (including phenoxy) is 2. The summed E-state index contributed by atoms with van der Waals surface area (Å²) in [5.41, 5.74) is 0.758. The Morgan fingerprint density at radius 1 is 1.25 bits per heavy atom. The molecule has 0 unspecified atom stereocenters. The predicted molar refractivity (Wildman–Crippen MR) is 107 cm³/mol. The highest BCUT2D eigenvalue weighted by molar-refractivity contribution is 7.18. The molecular formula is C20H21N3O4S. The van der Waals surface area contributed by atoms with E-state index in [1.807, 2.05) is 31.2 Å². The van der Waals surface area contributed by atoms with E-state index < -0.39 is 0 Å². The van der Waals surface area contributed by atoms with Gasteiger partial charge in [-0.2, -0.15) is 0 Å². The summed E-state index contributed by atoms with van der Waals surface area (Å²) in [5.74, 6) is 1.25. The van der Waals surface area contributed by atoms with Crippen LogP contribution in [0.2, 0.25) is 0 Å². The van der Waals surface area contributed by atoms with Crippen LogP contribution in [0.3, 0.4) is 0 Å². The van der Waals surface area contributed by atoms with Crippen molar-refractivity contribution in [1.29, 1.82) is 0 Å². The van der Waals surface area contributed by atoms with Crippen molar-refractivity contribution in [2.24, 2.45) is 0 Å². The average molecular weight is 399 g/mol. The first-order chi connectivity index (χ1) is 13.5. The number of hydrogen-bond acceptors (Lipinski definition) is 6. The Morgan fingerprint density at radius 2 is 2.04 bits per heavy atom. The molecular weight excluding hydrogens is 378 g/mol. The number of carbonyl (C=O) groups is 1. The molecule has 0 N–H and O–H groups in total. The summed E-state index contributed by atoms with van der Waals surface area (Å²) >= 11 is 1.52. The van der Waals surface area contributed by atoms with E-state index in [4.69, 9.17) is 9.47 Å². The molecule has 3 aromatic rings. The standard InChI is InChI=1S/C20H21N3O4S/c1-3-14-9-15-19(28-14)21-12-23(20(15)25)11-18(24)22(2)10-13-4-5-16-17(8-13)27-7-6-26-16/h4-5,8-9,12H,3,6-7,10-11H2,1-2H3. The molecule has 146 valence electrons. The van der Waals surface area contributed by atoms with E-state index in [2.05, 4.69) is 4.98 Å². The van der Waals surface area contributed by atoms with E-state index in [0.717, 1.165) is 27.4 Å². The largest absolute Gasteiger partial charge is 0.486 e. The molecule has 0 saturated carbocycles. The highest BCUT2D eigenvalue weighted by atomic mass is 32.1. The monoisotopic (exact) mass is 399 g/mol. The lowest BCUT2D eigenvalue weighted by Gasteiger charge is -2.21. The third-order valence-electron chi connectivity index (χ3n) is 4.68. The van der Waals surface area contributed by atoms with Crippen molar-refractivity contribution >= 4 is 27.5 Å². The van der Waals surface area contributed by atoms with Gasteiger partial charge in [-0.15, -0.1) is 11.3 Å². The molecule has 2 aromatic heterocycles. The van der Waals surface area contributed by atoms with Gasteiger partial charge in [-0.3, -0.25) is 14.2 Å². The highest BCUT2D eigenvalue weighted by Gasteiger charge is 2.16. The summed E-state index contributed by atoms with van der Waals surface area (Å²) in [7, 11) is 1.72. The number of likely N-dealkylation sites (N-methyl/N-ethyl adjacent to an activating group) is 1. The van der Waals surface area contributed by atoms with Gasteiger partial charge < -0.3 is 14.4 Å². The topological polar surface area (TPSA) is 73.7 Å². The van der Waals surface area contributed by atoms with Crippen LogP contribution in [-0.2, 0) is 24.3 Å². The van der Waals surface area contributed by atoms with Gasteiger partial charge in [0, 0.05) is 18.5 Å². The Bertz CT molecular complexity index is 1090. The van der Waals surface area contributed by atoms with Gasteiger partial charge in [-0.25, -0.2) is 4.98 Å². The quantitative estimate of drug-likeness (QED) is 0.659. The van der Waals surface area contributed by atoms with E-state index >= 15 is 0 Å². The third-order valence-corrected chi connectivity index (χ3v) is 5.86. The van der Waals surface area contributed by atoms with E-state index in [1.165, 1.54) is 22.2 Å². The van der Waals surface area contributed by atoms with Gasteiger partial charge >= 0.3 is 0 Å². The first-order valence-electron chi connectivity index (χ1n) is 9.15.